The maximum Gasteiger partial charge on any atom is 0.250 e. The van der Waals surface area contributed by atoms with Crippen molar-refractivity contribution in [2.45, 2.75) is 44.9 Å². The van der Waals surface area contributed by atoms with E-state index in [1.54, 1.807) is 56.6 Å². The number of carbonyl (C=O) groups is 1. The molecule has 3 rings (SSSR count). The zero-order valence-corrected chi connectivity index (χ0v) is 25.4. The van der Waals surface area contributed by atoms with Gasteiger partial charge in [-0.3, -0.25) is 9.59 Å². The van der Waals surface area contributed by atoms with Crippen LogP contribution in [0.3, 0.4) is 0 Å². The first-order chi connectivity index (χ1) is 18.2. The molecule has 0 aliphatic heterocycles. The van der Waals surface area contributed by atoms with E-state index in [0.29, 0.717) is 37.9 Å². The summed E-state index contributed by atoms with van der Waals surface area (Å²) in [6.45, 7) is 7.43. The molecule has 3 aromatic rings. The number of benzene rings is 2. The van der Waals surface area contributed by atoms with E-state index in [0.717, 1.165) is 0 Å². The number of aryl methyl sites for hydroxylation is 1. The molecule has 1 unspecified atom stereocenters. The Morgan fingerprint density at radius 3 is 2.33 bits per heavy atom. The van der Waals surface area contributed by atoms with Gasteiger partial charge in [0.25, 0.3) is 5.56 Å². The van der Waals surface area contributed by atoms with E-state index in [2.05, 4.69) is 9.44 Å². The fourth-order valence-electron chi connectivity index (χ4n) is 3.89. The Kier molecular flexibility index (Phi) is 10.4. The van der Waals surface area contributed by atoms with Gasteiger partial charge in [0, 0.05) is 64.0 Å². The van der Waals surface area contributed by atoms with Crippen LogP contribution in [-0.4, -0.2) is 34.6 Å². The average Bonchev–Trinajstić information content (AvgIpc) is 2.85. The molecular weight excluding hydrogens is 581 g/mol. The number of hydrogen-bond donors (Lipinski definition) is 3. The van der Waals surface area contributed by atoms with Crippen LogP contribution in [-0.2, 0) is 35.7 Å². The molecule has 0 amide bonds. The normalized spacial score (nSPS) is 13.5. The SMILES string of the molecule is CC(N[S@@+]([O-])C(C)(C)C)c1cc(=O)n(C)cc1-c1cc(CCN[SH](=O)=O)c(Cl)cc1C(=O)c1ccc(Cl)cc1. The number of ketones is 1. The third-order valence-electron chi connectivity index (χ3n) is 6.03. The third-order valence-corrected chi connectivity index (χ3v) is 8.80. The summed E-state index contributed by atoms with van der Waals surface area (Å²) in [6.07, 6.45) is 1.90. The van der Waals surface area contributed by atoms with Gasteiger partial charge >= 0.3 is 0 Å². The van der Waals surface area contributed by atoms with E-state index in [-0.39, 0.29) is 29.9 Å². The standard InChI is InChI=1S/C27H31Cl2N3O5S2/c1-16(31-38(35)27(2,3)4)20-14-25(33)32(5)15-23(20)21-12-18(10-11-30-39(36)37)24(29)13-22(21)26(34)17-6-8-19(28)9-7-17/h6-9,12-16,31,39H,10-11H2,1-5H3,(H,30,36,37)/t16?,38-/m0/s1. The van der Waals surface area contributed by atoms with Crippen LogP contribution in [0.5, 0.6) is 0 Å². The van der Waals surface area contributed by atoms with Gasteiger partial charge in [0.15, 0.2) is 5.78 Å². The maximum atomic E-state index is 13.7. The number of aromatic nitrogens is 1. The Labute approximate surface area is 243 Å². The number of thiol groups is 1. The third kappa shape index (κ3) is 7.94. The van der Waals surface area contributed by atoms with E-state index < -0.39 is 33.0 Å². The smallest absolute Gasteiger partial charge is 0.250 e. The van der Waals surface area contributed by atoms with Crippen LogP contribution < -0.4 is 15.0 Å². The van der Waals surface area contributed by atoms with E-state index >= 15 is 0 Å². The van der Waals surface area contributed by atoms with Crippen molar-refractivity contribution in [3.63, 3.8) is 0 Å². The van der Waals surface area contributed by atoms with Gasteiger partial charge in [0.05, 0.1) is 6.04 Å². The van der Waals surface area contributed by atoms with Gasteiger partial charge in [-0.05, 0) is 87.2 Å². The molecule has 1 aromatic heterocycles. The second kappa shape index (κ2) is 13.0. The van der Waals surface area contributed by atoms with Gasteiger partial charge < -0.3 is 9.12 Å². The van der Waals surface area contributed by atoms with Gasteiger partial charge in [0.1, 0.15) is 4.75 Å². The van der Waals surface area contributed by atoms with E-state index in [1.165, 1.54) is 10.6 Å². The van der Waals surface area contributed by atoms with Crippen molar-refractivity contribution in [3.8, 4) is 11.1 Å². The molecule has 0 saturated heterocycles. The van der Waals surface area contributed by atoms with Crippen molar-refractivity contribution in [2.24, 2.45) is 7.05 Å². The predicted molar refractivity (Wildman–Crippen MR) is 158 cm³/mol. The van der Waals surface area contributed by atoms with Crippen molar-refractivity contribution in [1.29, 1.82) is 0 Å². The topological polar surface area (TPSA) is 120 Å². The number of halogens is 2. The predicted octanol–water partition coefficient (Wildman–Crippen LogP) is 4.36. The van der Waals surface area contributed by atoms with Crippen LogP contribution in [0.1, 0.15) is 60.8 Å². The molecule has 0 bridgehead atoms. The van der Waals surface area contributed by atoms with Crippen LogP contribution in [0.2, 0.25) is 10.0 Å². The summed E-state index contributed by atoms with van der Waals surface area (Å²) in [5, 5.41) is 0.779. The number of rotatable bonds is 10. The molecule has 0 spiro atoms. The summed E-state index contributed by atoms with van der Waals surface area (Å²) >= 11 is 11.2. The van der Waals surface area contributed by atoms with Crippen molar-refractivity contribution >= 4 is 51.2 Å². The highest BCUT2D eigenvalue weighted by Gasteiger charge is 2.30. The number of hydrogen-bond acceptors (Lipinski definition) is 6. The second-order valence-corrected chi connectivity index (χ2v) is 13.7. The summed E-state index contributed by atoms with van der Waals surface area (Å²) in [5.74, 6) is -0.311. The fourth-order valence-corrected chi connectivity index (χ4v) is 5.37. The lowest BCUT2D eigenvalue weighted by Gasteiger charge is -2.27. The molecule has 0 aliphatic rings. The van der Waals surface area contributed by atoms with E-state index in [4.69, 9.17) is 23.2 Å². The number of pyridine rings is 1. The first-order valence-corrected chi connectivity index (χ1v) is 15.2. The van der Waals surface area contributed by atoms with Crippen LogP contribution >= 0.6 is 23.2 Å². The Morgan fingerprint density at radius 1 is 1.10 bits per heavy atom. The minimum atomic E-state index is -2.78. The Balaban J connectivity index is 2.24. The first-order valence-electron chi connectivity index (χ1n) is 12.1. The molecule has 210 valence electrons. The lowest BCUT2D eigenvalue weighted by Crippen LogP contribution is -2.41. The molecule has 12 heteroatoms. The average molecular weight is 613 g/mol. The fraction of sp³-hybridized carbons (Fsp3) is 0.333. The molecule has 2 aromatic carbocycles. The lowest BCUT2D eigenvalue weighted by atomic mass is 9.89. The van der Waals surface area contributed by atoms with E-state index in [9.17, 15) is 22.6 Å². The van der Waals surface area contributed by atoms with Gasteiger partial charge in [-0.25, -0.2) is 13.1 Å². The maximum absolute atomic E-state index is 13.7. The molecule has 0 aliphatic carbocycles. The zero-order valence-electron chi connectivity index (χ0n) is 22.2. The Hall–Kier alpha value is -2.18. The zero-order chi connectivity index (χ0) is 29.1. The van der Waals surface area contributed by atoms with Crippen LogP contribution in [0, 0.1) is 0 Å². The summed E-state index contributed by atoms with van der Waals surface area (Å²) in [5.41, 5.74) is 2.64. The molecule has 0 fully saturated rings. The molecule has 39 heavy (non-hydrogen) atoms. The molecular formula is C27H31Cl2N3O5S2. The highest BCUT2D eigenvalue weighted by atomic mass is 35.5. The van der Waals surface area contributed by atoms with Crippen LogP contribution in [0.4, 0.5) is 0 Å². The monoisotopic (exact) mass is 611 g/mol. The second-order valence-electron chi connectivity index (χ2n) is 10.1. The number of carbonyl (C=O) groups excluding carboxylic acids is 1. The summed E-state index contributed by atoms with van der Waals surface area (Å²) < 4.78 is 41.2. The Morgan fingerprint density at radius 2 is 1.74 bits per heavy atom. The van der Waals surface area contributed by atoms with Gasteiger partial charge in [-0.2, -0.15) is 0 Å². The quantitative estimate of drug-likeness (QED) is 0.178. The molecule has 2 atom stereocenters. The minimum absolute atomic E-state index is 0.116. The number of nitrogens with zero attached hydrogens (tertiary/aromatic N) is 1. The highest BCUT2D eigenvalue weighted by molar-refractivity contribution is 7.90. The van der Waals surface area contributed by atoms with Gasteiger partial charge in [-0.1, -0.05) is 23.2 Å². The molecule has 8 nitrogen and oxygen atoms in total. The van der Waals surface area contributed by atoms with Gasteiger partial charge in [-0.15, -0.1) is 4.72 Å². The van der Waals surface area contributed by atoms with E-state index in [1.807, 2.05) is 20.8 Å². The number of nitrogens with one attached hydrogen (secondary N) is 2. The molecule has 0 radical (unpaired) electrons. The van der Waals surface area contributed by atoms with Crippen molar-refractivity contribution < 1.29 is 17.8 Å². The summed E-state index contributed by atoms with van der Waals surface area (Å²) in [4.78, 5) is 26.4. The first kappa shape index (κ1) is 31.3. The van der Waals surface area contributed by atoms with Crippen molar-refractivity contribution in [1.82, 2.24) is 14.0 Å². The minimum Gasteiger partial charge on any atom is -0.598 e. The summed E-state index contributed by atoms with van der Waals surface area (Å²) in [6, 6.07) is 10.7. The van der Waals surface area contributed by atoms with Crippen LogP contribution in [0.25, 0.3) is 11.1 Å². The Bertz CT molecular complexity index is 1490. The van der Waals surface area contributed by atoms with Gasteiger partial charge in [0.2, 0.25) is 10.9 Å². The van der Waals surface area contributed by atoms with Crippen molar-refractivity contribution in [3.05, 3.63) is 91.3 Å². The molecule has 0 saturated carbocycles. The van der Waals surface area contributed by atoms with Crippen molar-refractivity contribution in [2.75, 3.05) is 6.54 Å². The molecule has 2 N–H and O–H groups in total. The highest BCUT2D eigenvalue weighted by Crippen LogP contribution is 2.35. The van der Waals surface area contributed by atoms with Crippen LogP contribution in [0.15, 0.2) is 53.5 Å². The molecule has 1 heterocycles. The summed E-state index contributed by atoms with van der Waals surface area (Å²) in [7, 11) is -1.18. The largest absolute Gasteiger partial charge is 0.598 e. The lowest BCUT2D eigenvalue weighted by molar-refractivity contribution is 0.103.